The first-order chi connectivity index (χ1) is 8.58. The van der Waals surface area contributed by atoms with Gasteiger partial charge in [0.05, 0.1) is 6.10 Å². The average molecular weight is 257 g/mol. The van der Waals surface area contributed by atoms with E-state index in [0.29, 0.717) is 31.4 Å². The molecule has 18 heavy (non-hydrogen) atoms. The molecule has 0 heterocycles. The number of halogens is 2. The Bertz CT molecular complexity index is 371. The van der Waals surface area contributed by atoms with Gasteiger partial charge in [-0.25, -0.2) is 8.78 Å². The van der Waals surface area contributed by atoms with E-state index in [4.69, 9.17) is 0 Å². The lowest BCUT2D eigenvalue weighted by Gasteiger charge is -2.19. The number of rotatable bonds is 7. The number of nitrogens with one attached hydrogen (secondary N) is 1. The van der Waals surface area contributed by atoms with Crippen molar-refractivity contribution in [3.8, 4) is 0 Å². The number of benzene rings is 1. The third-order valence-electron chi connectivity index (χ3n) is 3.09. The largest absolute Gasteiger partial charge is 0.393 e. The van der Waals surface area contributed by atoms with Gasteiger partial charge in [0.25, 0.3) is 0 Å². The quantitative estimate of drug-likeness (QED) is 0.786. The van der Waals surface area contributed by atoms with Crippen LogP contribution in [0.15, 0.2) is 18.2 Å². The Labute approximate surface area is 107 Å². The Kier molecular flexibility index (Phi) is 6.22. The molecule has 0 aromatic heterocycles. The maximum absolute atomic E-state index is 13.6. The predicted molar refractivity (Wildman–Crippen MR) is 68.3 cm³/mol. The van der Waals surface area contributed by atoms with Crippen LogP contribution in [0.2, 0.25) is 0 Å². The van der Waals surface area contributed by atoms with E-state index in [0.717, 1.165) is 6.07 Å². The van der Waals surface area contributed by atoms with Crippen LogP contribution in [0.25, 0.3) is 0 Å². The summed E-state index contributed by atoms with van der Waals surface area (Å²) in [5, 5.41) is 12.6. The monoisotopic (exact) mass is 257 g/mol. The van der Waals surface area contributed by atoms with Crippen LogP contribution in [0.3, 0.4) is 0 Å². The highest BCUT2D eigenvalue weighted by molar-refractivity contribution is 5.22. The fourth-order valence-corrected chi connectivity index (χ4v) is 1.89. The Balaban J connectivity index is 2.60. The highest BCUT2D eigenvalue weighted by Gasteiger charge is 2.14. The summed E-state index contributed by atoms with van der Waals surface area (Å²) in [7, 11) is 0. The Morgan fingerprint density at radius 1 is 1.22 bits per heavy atom. The molecule has 1 aromatic rings. The van der Waals surface area contributed by atoms with Crippen LogP contribution in [0, 0.1) is 11.6 Å². The minimum atomic E-state index is -0.562. The van der Waals surface area contributed by atoms with Gasteiger partial charge in [0.15, 0.2) is 0 Å². The first-order valence-corrected chi connectivity index (χ1v) is 6.44. The maximum Gasteiger partial charge on any atom is 0.130 e. The van der Waals surface area contributed by atoms with Gasteiger partial charge < -0.3 is 10.4 Å². The summed E-state index contributed by atoms with van der Waals surface area (Å²) in [6, 6.07) is 3.50. The molecular formula is C14H21F2NO. The van der Waals surface area contributed by atoms with E-state index in [1.165, 1.54) is 12.1 Å². The van der Waals surface area contributed by atoms with Crippen molar-refractivity contribution in [2.75, 3.05) is 6.54 Å². The predicted octanol–water partition coefficient (Wildman–Crippen LogP) is 3.17. The van der Waals surface area contributed by atoms with Gasteiger partial charge in [-0.2, -0.15) is 0 Å². The fraction of sp³-hybridized carbons (Fsp3) is 0.571. The molecule has 0 aliphatic heterocycles. The first-order valence-electron chi connectivity index (χ1n) is 6.44. The molecule has 0 fully saturated rings. The molecule has 0 spiro atoms. The maximum atomic E-state index is 13.6. The fourth-order valence-electron chi connectivity index (χ4n) is 1.89. The van der Waals surface area contributed by atoms with Crippen LogP contribution < -0.4 is 5.32 Å². The molecule has 1 rings (SSSR count). The van der Waals surface area contributed by atoms with Crippen LogP contribution in [0.4, 0.5) is 8.78 Å². The number of hydrogen-bond donors (Lipinski definition) is 2. The van der Waals surface area contributed by atoms with E-state index >= 15 is 0 Å². The smallest absolute Gasteiger partial charge is 0.130 e. The summed E-state index contributed by atoms with van der Waals surface area (Å²) in [6.07, 6.45) is 1.73. The lowest BCUT2D eigenvalue weighted by atomic mass is 10.0. The number of hydrogen-bond acceptors (Lipinski definition) is 2. The van der Waals surface area contributed by atoms with E-state index in [-0.39, 0.29) is 12.1 Å². The molecule has 0 aliphatic carbocycles. The van der Waals surface area contributed by atoms with Gasteiger partial charge in [0.2, 0.25) is 0 Å². The third kappa shape index (κ3) is 4.35. The number of aliphatic hydroxyl groups is 1. The molecule has 2 nitrogen and oxygen atoms in total. The zero-order valence-corrected chi connectivity index (χ0v) is 10.9. The topological polar surface area (TPSA) is 32.3 Å². The molecule has 1 aromatic carbocycles. The van der Waals surface area contributed by atoms with E-state index in [1.54, 1.807) is 0 Å². The second-order valence-corrected chi connectivity index (χ2v) is 4.43. The normalized spacial score (nSPS) is 14.5. The van der Waals surface area contributed by atoms with Gasteiger partial charge in [-0.05, 0) is 31.9 Å². The van der Waals surface area contributed by atoms with Gasteiger partial charge in [-0.15, -0.1) is 0 Å². The van der Waals surface area contributed by atoms with Gasteiger partial charge in [0, 0.05) is 17.7 Å². The summed E-state index contributed by atoms with van der Waals surface area (Å²) in [5.41, 5.74) is 0.477. The molecule has 0 bridgehead atoms. The van der Waals surface area contributed by atoms with Gasteiger partial charge in [-0.1, -0.05) is 19.9 Å². The summed E-state index contributed by atoms with van der Waals surface area (Å²) in [4.78, 5) is 0. The minimum Gasteiger partial charge on any atom is -0.393 e. The second-order valence-electron chi connectivity index (χ2n) is 4.43. The standard InChI is InChI=1S/C14H21F2NO/c1-3-11(18)7-8-17-14(4-2)12-6-5-10(15)9-13(12)16/h5-6,9,11,14,17-18H,3-4,7-8H2,1-2H3. The molecule has 0 radical (unpaired) electrons. The average Bonchev–Trinajstić information content (AvgIpc) is 2.35. The van der Waals surface area contributed by atoms with Crippen LogP contribution in [0.5, 0.6) is 0 Å². The van der Waals surface area contributed by atoms with Gasteiger partial charge in [-0.3, -0.25) is 0 Å². The molecule has 2 unspecified atom stereocenters. The molecule has 4 heteroatoms. The summed E-state index contributed by atoms with van der Waals surface area (Å²) in [6.45, 7) is 4.47. The molecule has 0 saturated heterocycles. The summed E-state index contributed by atoms with van der Waals surface area (Å²) < 4.78 is 26.4. The lowest BCUT2D eigenvalue weighted by molar-refractivity contribution is 0.158. The van der Waals surface area contributed by atoms with Crippen molar-refractivity contribution in [3.05, 3.63) is 35.4 Å². The van der Waals surface area contributed by atoms with Crippen molar-refractivity contribution in [2.45, 2.75) is 45.3 Å². The van der Waals surface area contributed by atoms with Crippen molar-refractivity contribution >= 4 is 0 Å². The zero-order chi connectivity index (χ0) is 13.5. The van der Waals surface area contributed by atoms with Crippen molar-refractivity contribution in [2.24, 2.45) is 0 Å². The zero-order valence-electron chi connectivity index (χ0n) is 10.9. The van der Waals surface area contributed by atoms with E-state index in [1.807, 2.05) is 13.8 Å². The van der Waals surface area contributed by atoms with Crippen LogP contribution in [-0.4, -0.2) is 17.8 Å². The third-order valence-corrected chi connectivity index (χ3v) is 3.09. The van der Waals surface area contributed by atoms with Crippen LogP contribution >= 0.6 is 0 Å². The van der Waals surface area contributed by atoms with Crippen molar-refractivity contribution < 1.29 is 13.9 Å². The van der Waals surface area contributed by atoms with Crippen molar-refractivity contribution in [1.82, 2.24) is 5.32 Å². The Morgan fingerprint density at radius 2 is 1.94 bits per heavy atom. The van der Waals surface area contributed by atoms with E-state index in [9.17, 15) is 13.9 Å². The first kappa shape index (κ1) is 15.1. The molecule has 2 atom stereocenters. The molecule has 0 amide bonds. The second kappa shape index (κ2) is 7.44. The summed E-state index contributed by atoms with van der Waals surface area (Å²) >= 11 is 0. The molecule has 102 valence electrons. The highest BCUT2D eigenvalue weighted by atomic mass is 19.1. The highest BCUT2D eigenvalue weighted by Crippen LogP contribution is 2.20. The molecular weight excluding hydrogens is 236 g/mol. The Hall–Kier alpha value is -1.00. The SMILES string of the molecule is CCC(O)CCNC(CC)c1ccc(F)cc1F. The van der Waals surface area contributed by atoms with Crippen LogP contribution in [-0.2, 0) is 0 Å². The minimum absolute atomic E-state index is 0.144. The lowest BCUT2D eigenvalue weighted by Crippen LogP contribution is -2.25. The van der Waals surface area contributed by atoms with Gasteiger partial charge >= 0.3 is 0 Å². The van der Waals surface area contributed by atoms with E-state index < -0.39 is 11.6 Å². The molecule has 0 aliphatic rings. The van der Waals surface area contributed by atoms with Crippen LogP contribution in [0.1, 0.15) is 44.7 Å². The number of aliphatic hydroxyl groups excluding tert-OH is 1. The summed E-state index contributed by atoms with van der Waals surface area (Å²) in [5.74, 6) is -1.09. The molecule has 2 N–H and O–H groups in total. The van der Waals surface area contributed by atoms with Gasteiger partial charge in [0.1, 0.15) is 11.6 Å². The van der Waals surface area contributed by atoms with E-state index in [2.05, 4.69) is 5.32 Å². The Morgan fingerprint density at radius 3 is 2.50 bits per heavy atom. The van der Waals surface area contributed by atoms with Crippen molar-refractivity contribution in [3.63, 3.8) is 0 Å². The molecule has 0 saturated carbocycles. The van der Waals surface area contributed by atoms with Crippen molar-refractivity contribution in [1.29, 1.82) is 0 Å².